The van der Waals surface area contributed by atoms with Crippen LogP contribution < -0.4 is 21.7 Å². The van der Waals surface area contributed by atoms with E-state index in [1.807, 2.05) is 0 Å². The molecule has 3 amide bonds. The molecule has 10 N–H and O–H groups in total. The van der Waals surface area contributed by atoms with E-state index in [1.54, 1.807) is 0 Å². The molecule has 1 aromatic rings. The number of nitrogens with zero attached hydrogens (tertiary/aromatic N) is 1. The van der Waals surface area contributed by atoms with Crippen molar-refractivity contribution in [1.29, 1.82) is 0 Å². The molecule has 0 aliphatic heterocycles. The number of rotatable bonds is 15. The molecular formula is C18H26N6O10. The summed E-state index contributed by atoms with van der Waals surface area (Å²) in [5.74, 6) is -7.19. The molecule has 34 heavy (non-hydrogen) atoms. The second kappa shape index (κ2) is 13.5. The highest BCUT2D eigenvalue weighted by Crippen LogP contribution is 2.04. The fourth-order valence-corrected chi connectivity index (χ4v) is 2.65. The number of nitrogens with one attached hydrogen (secondary N) is 4. The van der Waals surface area contributed by atoms with Crippen LogP contribution >= 0.6 is 0 Å². The Balaban J connectivity index is 2.95. The number of hydrogen-bond acceptors (Lipinski definition) is 9. The quantitative estimate of drug-likeness (QED) is 0.115. The number of aromatic nitrogens is 2. The molecule has 4 atom stereocenters. The van der Waals surface area contributed by atoms with Gasteiger partial charge in [0, 0.05) is 24.7 Å². The summed E-state index contributed by atoms with van der Waals surface area (Å²) in [4.78, 5) is 76.5. The van der Waals surface area contributed by atoms with E-state index < -0.39 is 85.7 Å². The third-order valence-electron chi connectivity index (χ3n) is 4.42. The molecular weight excluding hydrogens is 460 g/mol. The molecule has 0 spiro atoms. The lowest BCUT2D eigenvalue weighted by Crippen LogP contribution is -2.58. The average Bonchev–Trinajstić information content (AvgIpc) is 3.26. The first-order valence-electron chi connectivity index (χ1n) is 9.85. The van der Waals surface area contributed by atoms with Crippen LogP contribution in [0.5, 0.6) is 0 Å². The molecule has 0 bridgehead atoms. The Morgan fingerprint density at radius 2 is 1.50 bits per heavy atom. The van der Waals surface area contributed by atoms with Crippen molar-refractivity contribution in [2.75, 3.05) is 6.61 Å². The van der Waals surface area contributed by atoms with Gasteiger partial charge in [-0.2, -0.15) is 0 Å². The first-order chi connectivity index (χ1) is 15.9. The number of aliphatic hydroxyl groups is 1. The number of aromatic amines is 1. The van der Waals surface area contributed by atoms with Gasteiger partial charge in [-0.1, -0.05) is 0 Å². The molecule has 16 heteroatoms. The summed E-state index contributed by atoms with van der Waals surface area (Å²) >= 11 is 0. The Morgan fingerprint density at radius 3 is 2.00 bits per heavy atom. The van der Waals surface area contributed by atoms with Crippen LogP contribution in [0.15, 0.2) is 12.5 Å². The molecule has 16 nitrogen and oxygen atoms in total. The number of carboxylic acids is 3. The Morgan fingerprint density at radius 1 is 0.912 bits per heavy atom. The predicted octanol–water partition coefficient (Wildman–Crippen LogP) is -3.85. The SMILES string of the molecule is NC(CC(=O)O)C(=O)NC(CO)C(=O)NC(Cc1cnc[nH]1)C(=O)NC(CCC(=O)O)C(=O)O. The van der Waals surface area contributed by atoms with Crippen molar-refractivity contribution in [1.82, 2.24) is 25.9 Å². The van der Waals surface area contributed by atoms with Crippen molar-refractivity contribution in [3.05, 3.63) is 18.2 Å². The molecule has 4 unspecified atom stereocenters. The topological polar surface area (TPSA) is 274 Å². The second-order valence-electron chi connectivity index (χ2n) is 7.12. The summed E-state index contributed by atoms with van der Waals surface area (Å²) in [5.41, 5.74) is 5.78. The van der Waals surface area contributed by atoms with Crippen molar-refractivity contribution in [2.45, 2.75) is 49.9 Å². The second-order valence-corrected chi connectivity index (χ2v) is 7.12. The lowest BCUT2D eigenvalue weighted by Gasteiger charge is -2.24. The van der Waals surface area contributed by atoms with Crippen LogP contribution in [-0.4, -0.2) is 96.8 Å². The zero-order valence-corrected chi connectivity index (χ0v) is 17.8. The largest absolute Gasteiger partial charge is 0.481 e. The minimum atomic E-state index is -1.60. The smallest absolute Gasteiger partial charge is 0.326 e. The molecule has 0 aliphatic rings. The van der Waals surface area contributed by atoms with Crippen LogP contribution in [-0.2, 0) is 35.2 Å². The number of carboxylic acid groups (broad SMARTS) is 3. The maximum absolute atomic E-state index is 12.7. The van der Waals surface area contributed by atoms with E-state index >= 15 is 0 Å². The number of carbonyl (C=O) groups is 6. The van der Waals surface area contributed by atoms with Gasteiger partial charge in [0.05, 0.1) is 25.4 Å². The number of imidazole rings is 1. The van der Waals surface area contributed by atoms with Crippen LogP contribution in [0.3, 0.4) is 0 Å². The molecule has 1 aromatic heterocycles. The average molecular weight is 486 g/mol. The van der Waals surface area contributed by atoms with Gasteiger partial charge in [0.1, 0.15) is 18.1 Å². The number of amides is 3. The first kappa shape index (κ1) is 28.0. The van der Waals surface area contributed by atoms with Gasteiger partial charge in [-0.25, -0.2) is 9.78 Å². The minimum absolute atomic E-state index is 0.201. The van der Waals surface area contributed by atoms with Gasteiger partial charge in [0.15, 0.2) is 0 Å². The molecule has 1 rings (SSSR count). The number of hydrogen-bond donors (Lipinski definition) is 9. The maximum Gasteiger partial charge on any atom is 0.326 e. The van der Waals surface area contributed by atoms with Crippen molar-refractivity contribution in [3.8, 4) is 0 Å². The minimum Gasteiger partial charge on any atom is -0.481 e. The lowest BCUT2D eigenvalue weighted by atomic mass is 10.1. The van der Waals surface area contributed by atoms with Gasteiger partial charge in [0.25, 0.3) is 0 Å². The summed E-state index contributed by atoms with van der Waals surface area (Å²) in [5, 5.41) is 42.6. The van der Waals surface area contributed by atoms with Crippen molar-refractivity contribution < 1.29 is 49.2 Å². The number of aliphatic hydroxyl groups excluding tert-OH is 1. The maximum atomic E-state index is 12.7. The van der Waals surface area contributed by atoms with Gasteiger partial charge in [-0.3, -0.25) is 24.0 Å². The summed E-state index contributed by atoms with van der Waals surface area (Å²) in [7, 11) is 0. The van der Waals surface area contributed by atoms with Crippen LogP contribution in [0, 0.1) is 0 Å². The van der Waals surface area contributed by atoms with E-state index in [1.165, 1.54) is 12.5 Å². The Kier molecular flexibility index (Phi) is 11.1. The highest BCUT2D eigenvalue weighted by Gasteiger charge is 2.31. The fraction of sp³-hybridized carbons (Fsp3) is 0.500. The number of H-pyrrole nitrogens is 1. The van der Waals surface area contributed by atoms with E-state index in [0.717, 1.165) is 0 Å². The van der Waals surface area contributed by atoms with Gasteiger partial charge < -0.3 is 47.1 Å². The zero-order valence-electron chi connectivity index (χ0n) is 17.8. The fourth-order valence-electron chi connectivity index (χ4n) is 2.65. The number of aliphatic carboxylic acids is 3. The standard InChI is InChI=1S/C18H26N6O10/c19-9(4-14(28)29)15(30)24-12(6-25)17(32)23-11(3-8-5-20-7-21-8)16(31)22-10(18(33)34)1-2-13(26)27/h5,7,9-12,25H,1-4,6,19H2,(H,20,21)(H,22,31)(H,23,32)(H,24,30)(H,26,27)(H,28,29)(H,33,34). The molecule has 0 saturated heterocycles. The van der Waals surface area contributed by atoms with Gasteiger partial charge in [0.2, 0.25) is 17.7 Å². The van der Waals surface area contributed by atoms with E-state index in [4.69, 9.17) is 15.9 Å². The van der Waals surface area contributed by atoms with Crippen LogP contribution in [0.1, 0.15) is 25.0 Å². The number of carbonyl (C=O) groups excluding carboxylic acids is 3. The lowest BCUT2D eigenvalue weighted by molar-refractivity contribution is -0.143. The first-order valence-corrected chi connectivity index (χ1v) is 9.85. The number of nitrogens with two attached hydrogens (primary N) is 1. The van der Waals surface area contributed by atoms with E-state index in [0.29, 0.717) is 5.69 Å². The Labute approximate surface area is 191 Å². The molecule has 0 fully saturated rings. The van der Waals surface area contributed by atoms with Gasteiger partial charge >= 0.3 is 17.9 Å². The molecule has 1 heterocycles. The predicted molar refractivity (Wildman–Crippen MR) is 110 cm³/mol. The van der Waals surface area contributed by atoms with Crippen molar-refractivity contribution in [3.63, 3.8) is 0 Å². The normalized spacial score (nSPS) is 14.2. The third kappa shape index (κ3) is 9.61. The molecule has 0 aliphatic carbocycles. The zero-order chi connectivity index (χ0) is 25.8. The monoisotopic (exact) mass is 486 g/mol. The summed E-state index contributed by atoms with van der Waals surface area (Å²) in [6.07, 6.45) is 0.736. The van der Waals surface area contributed by atoms with Crippen LogP contribution in [0.2, 0.25) is 0 Å². The van der Waals surface area contributed by atoms with E-state index in [2.05, 4.69) is 25.9 Å². The van der Waals surface area contributed by atoms with E-state index in [9.17, 15) is 39.0 Å². The van der Waals surface area contributed by atoms with Crippen LogP contribution in [0.4, 0.5) is 0 Å². The Bertz CT molecular complexity index is 890. The third-order valence-corrected chi connectivity index (χ3v) is 4.42. The van der Waals surface area contributed by atoms with E-state index in [-0.39, 0.29) is 6.42 Å². The van der Waals surface area contributed by atoms with Gasteiger partial charge in [-0.05, 0) is 6.42 Å². The molecule has 0 radical (unpaired) electrons. The van der Waals surface area contributed by atoms with Crippen molar-refractivity contribution >= 4 is 35.6 Å². The molecule has 188 valence electrons. The van der Waals surface area contributed by atoms with Crippen LogP contribution in [0.25, 0.3) is 0 Å². The summed E-state index contributed by atoms with van der Waals surface area (Å²) < 4.78 is 0. The molecule has 0 saturated carbocycles. The summed E-state index contributed by atoms with van der Waals surface area (Å²) in [6, 6.07) is -6.09. The van der Waals surface area contributed by atoms with Gasteiger partial charge in [-0.15, -0.1) is 0 Å². The summed E-state index contributed by atoms with van der Waals surface area (Å²) in [6.45, 7) is -0.924. The Hall–Kier alpha value is -4.05. The highest BCUT2D eigenvalue weighted by atomic mass is 16.4. The van der Waals surface area contributed by atoms with Crippen molar-refractivity contribution in [2.24, 2.45) is 5.73 Å². The molecule has 0 aromatic carbocycles. The highest BCUT2D eigenvalue weighted by molar-refractivity contribution is 5.95.